The third kappa shape index (κ3) is 6.28. The number of carbonyl (C=O) groups is 1. The average Bonchev–Trinajstić information content (AvgIpc) is 3.32. The first kappa shape index (κ1) is 23.2. The van der Waals surface area contributed by atoms with Gasteiger partial charge in [0.25, 0.3) is 0 Å². The molecule has 0 aliphatic heterocycles. The molecule has 0 atom stereocenters. The third-order valence-electron chi connectivity index (χ3n) is 4.96. The summed E-state index contributed by atoms with van der Waals surface area (Å²) in [6, 6.07) is 17.8. The Labute approximate surface area is 194 Å². The van der Waals surface area contributed by atoms with E-state index in [1.165, 1.54) is 12.7 Å². The molecule has 0 spiro atoms. The van der Waals surface area contributed by atoms with E-state index >= 15 is 0 Å². The van der Waals surface area contributed by atoms with Gasteiger partial charge in [-0.25, -0.2) is 9.78 Å². The largest absolute Gasteiger partial charge is 0.465 e. The number of hydrogen-bond donors (Lipinski definition) is 0. The zero-order valence-electron chi connectivity index (χ0n) is 18.5. The molecular formula is C27H28N2O2S. The Morgan fingerprint density at radius 1 is 1.16 bits per heavy atom. The molecule has 0 saturated heterocycles. The number of anilines is 1. The Hall–Kier alpha value is -3.44. The Morgan fingerprint density at radius 3 is 2.56 bits per heavy atom. The van der Waals surface area contributed by atoms with Gasteiger partial charge in [-0.15, -0.1) is 11.3 Å². The molecule has 0 unspecified atom stereocenters. The van der Waals surface area contributed by atoms with Gasteiger partial charge in [0, 0.05) is 24.0 Å². The van der Waals surface area contributed by atoms with Gasteiger partial charge in [-0.1, -0.05) is 73.3 Å². The lowest BCUT2D eigenvalue weighted by atomic mass is 10.1. The number of hydrogen-bond acceptors (Lipinski definition) is 5. The molecule has 3 aromatic rings. The Kier molecular flexibility index (Phi) is 8.58. The maximum atomic E-state index is 11.7. The average molecular weight is 445 g/mol. The smallest absolute Gasteiger partial charge is 0.337 e. The van der Waals surface area contributed by atoms with Crippen LogP contribution >= 0.6 is 11.3 Å². The van der Waals surface area contributed by atoms with Gasteiger partial charge >= 0.3 is 5.97 Å². The number of methoxy groups -OCH3 is 1. The molecule has 1 heterocycles. The predicted molar refractivity (Wildman–Crippen MR) is 134 cm³/mol. The number of aromatic nitrogens is 1. The Balaban J connectivity index is 1.84. The molecule has 0 bridgehead atoms. The van der Waals surface area contributed by atoms with Crippen molar-refractivity contribution in [2.24, 2.45) is 0 Å². The number of carbonyl (C=O) groups excluding carboxylic acids is 1. The minimum Gasteiger partial charge on any atom is -0.465 e. The molecule has 0 aliphatic rings. The fourth-order valence-electron chi connectivity index (χ4n) is 3.33. The van der Waals surface area contributed by atoms with E-state index in [1.54, 1.807) is 23.5 Å². The summed E-state index contributed by atoms with van der Waals surface area (Å²) in [6.07, 6.45) is 8.89. The molecule has 1 aromatic heterocycles. The first-order valence-electron chi connectivity index (χ1n) is 10.5. The van der Waals surface area contributed by atoms with Gasteiger partial charge in [0.1, 0.15) is 0 Å². The molecule has 5 heteroatoms. The predicted octanol–water partition coefficient (Wildman–Crippen LogP) is 6.68. The third-order valence-corrected chi connectivity index (χ3v) is 5.87. The lowest BCUT2D eigenvalue weighted by Gasteiger charge is -2.22. The summed E-state index contributed by atoms with van der Waals surface area (Å²) in [7, 11) is 1.39. The molecule has 4 nitrogen and oxygen atoms in total. The van der Waals surface area contributed by atoms with Crippen molar-refractivity contribution in [2.75, 3.05) is 18.6 Å². The number of nitrogens with zero attached hydrogens (tertiary/aromatic N) is 2. The number of ether oxygens (including phenoxy) is 1. The number of thiazole rings is 1. The minimum atomic E-state index is -0.327. The van der Waals surface area contributed by atoms with Crippen molar-refractivity contribution in [3.63, 3.8) is 0 Å². The molecule has 0 aliphatic carbocycles. The van der Waals surface area contributed by atoms with Crippen LogP contribution < -0.4 is 4.90 Å². The summed E-state index contributed by atoms with van der Waals surface area (Å²) in [5.41, 5.74) is 4.96. The summed E-state index contributed by atoms with van der Waals surface area (Å²) in [4.78, 5) is 18.9. The van der Waals surface area contributed by atoms with Crippen LogP contribution in [0, 0.1) is 0 Å². The zero-order chi connectivity index (χ0) is 22.8. The summed E-state index contributed by atoms with van der Waals surface area (Å²) < 4.78 is 4.80. The van der Waals surface area contributed by atoms with Crippen molar-refractivity contribution in [1.82, 2.24) is 4.98 Å². The molecule has 0 fully saturated rings. The van der Waals surface area contributed by atoms with Crippen molar-refractivity contribution in [2.45, 2.75) is 19.9 Å². The van der Waals surface area contributed by atoms with Gasteiger partial charge in [-0.05, 0) is 36.6 Å². The van der Waals surface area contributed by atoms with E-state index in [9.17, 15) is 4.79 Å². The van der Waals surface area contributed by atoms with Crippen molar-refractivity contribution >= 4 is 22.4 Å². The van der Waals surface area contributed by atoms with Crippen LogP contribution in [-0.4, -0.2) is 24.6 Å². The number of rotatable bonds is 10. The van der Waals surface area contributed by atoms with Crippen molar-refractivity contribution in [3.8, 4) is 11.3 Å². The second-order valence-corrected chi connectivity index (χ2v) is 8.06. The van der Waals surface area contributed by atoms with Crippen LogP contribution in [0.25, 0.3) is 11.3 Å². The van der Waals surface area contributed by atoms with E-state index in [2.05, 4.69) is 35.1 Å². The van der Waals surface area contributed by atoms with Crippen LogP contribution in [0.1, 0.15) is 29.3 Å². The molecule has 3 rings (SSSR count). The van der Waals surface area contributed by atoms with Crippen LogP contribution in [-0.2, 0) is 11.3 Å². The number of allylic oxidation sites excluding steroid dienone is 4. The quantitative estimate of drug-likeness (QED) is 0.258. The summed E-state index contributed by atoms with van der Waals surface area (Å²) >= 11 is 1.64. The van der Waals surface area contributed by atoms with Gasteiger partial charge in [-0.3, -0.25) is 0 Å². The van der Waals surface area contributed by atoms with Gasteiger partial charge < -0.3 is 9.64 Å². The standard InChI is InChI=1S/C27H28N2O2S/c1-4-9-21(10-5-2)17-18-29(19-22-13-15-24(16-14-22)26(30)31-3)27-28-25(20-32-27)23-11-7-6-8-12-23/h4-16,20H,1,17-19H2,2-3H3/b10-5-,21-9+. The van der Waals surface area contributed by atoms with Gasteiger partial charge in [0.2, 0.25) is 0 Å². The fraction of sp³-hybridized carbons (Fsp3) is 0.185. The second kappa shape index (κ2) is 11.8. The van der Waals surface area contributed by atoms with Crippen LogP contribution in [0.15, 0.2) is 96.4 Å². The molecule has 32 heavy (non-hydrogen) atoms. The highest BCUT2D eigenvalue weighted by atomic mass is 32.1. The number of benzene rings is 2. The van der Waals surface area contributed by atoms with E-state index in [0.29, 0.717) is 12.1 Å². The first-order chi connectivity index (χ1) is 15.6. The van der Waals surface area contributed by atoms with Gasteiger partial charge in [-0.2, -0.15) is 0 Å². The zero-order valence-corrected chi connectivity index (χ0v) is 19.3. The van der Waals surface area contributed by atoms with Crippen molar-refractivity contribution < 1.29 is 9.53 Å². The van der Waals surface area contributed by atoms with Crippen molar-refractivity contribution in [1.29, 1.82) is 0 Å². The summed E-state index contributed by atoms with van der Waals surface area (Å²) in [5, 5.41) is 3.07. The molecule has 0 amide bonds. The van der Waals surface area contributed by atoms with Crippen LogP contribution in [0.5, 0.6) is 0 Å². The monoisotopic (exact) mass is 444 g/mol. The second-order valence-electron chi connectivity index (χ2n) is 7.22. The summed E-state index contributed by atoms with van der Waals surface area (Å²) in [5.74, 6) is -0.327. The lowest BCUT2D eigenvalue weighted by molar-refractivity contribution is 0.0600. The van der Waals surface area contributed by atoms with Gasteiger partial charge in [0.05, 0.1) is 18.4 Å². The van der Waals surface area contributed by atoms with E-state index in [0.717, 1.165) is 34.9 Å². The van der Waals surface area contributed by atoms with E-state index in [4.69, 9.17) is 9.72 Å². The van der Waals surface area contributed by atoms with E-state index in [-0.39, 0.29) is 5.97 Å². The molecule has 0 radical (unpaired) electrons. The maximum Gasteiger partial charge on any atom is 0.337 e. The van der Waals surface area contributed by atoms with Crippen molar-refractivity contribution in [3.05, 3.63) is 108 Å². The van der Waals surface area contributed by atoms with Gasteiger partial charge in [0.15, 0.2) is 5.13 Å². The van der Waals surface area contributed by atoms with E-state index in [1.807, 2.05) is 55.5 Å². The molecule has 164 valence electrons. The normalized spacial score (nSPS) is 11.5. The highest BCUT2D eigenvalue weighted by molar-refractivity contribution is 7.14. The number of esters is 1. The molecule has 0 saturated carbocycles. The molecular weight excluding hydrogens is 416 g/mol. The molecule has 0 N–H and O–H groups in total. The highest BCUT2D eigenvalue weighted by Gasteiger charge is 2.14. The molecule has 2 aromatic carbocycles. The SMILES string of the molecule is C=C/C=C(\C=C/C)CCN(Cc1ccc(C(=O)OC)cc1)c1nc(-c2ccccc2)cs1. The first-order valence-corrected chi connectivity index (χ1v) is 11.4. The lowest BCUT2D eigenvalue weighted by Crippen LogP contribution is -2.24. The topological polar surface area (TPSA) is 42.4 Å². The Morgan fingerprint density at radius 2 is 1.91 bits per heavy atom. The van der Waals surface area contributed by atoms with Crippen LogP contribution in [0.3, 0.4) is 0 Å². The summed E-state index contributed by atoms with van der Waals surface area (Å²) in [6.45, 7) is 7.35. The Bertz CT molecular complexity index is 1080. The minimum absolute atomic E-state index is 0.327. The highest BCUT2D eigenvalue weighted by Crippen LogP contribution is 2.29. The van der Waals surface area contributed by atoms with Crippen LogP contribution in [0.4, 0.5) is 5.13 Å². The fourth-order valence-corrected chi connectivity index (χ4v) is 4.19. The maximum absolute atomic E-state index is 11.7. The van der Waals surface area contributed by atoms with E-state index < -0.39 is 0 Å². The van der Waals surface area contributed by atoms with Crippen LogP contribution in [0.2, 0.25) is 0 Å².